The summed E-state index contributed by atoms with van der Waals surface area (Å²) in [5.41, 5.74) is 2.80. The highest BCUT2D eigenvalue weighted by Gasteiger charge is 2.13. The van der Waals surface area contributed by atoms with E-state index < -0.39 is 0 Å². The zero-order valence-corrected chi connectivity index (χ0v) is 11.6. The largest absolute Gasteiger partial charge is 0.316 e. The van der Waals surface area contributed by atoms with Crippen LogP contribution < -0.4 is 0 Å². The van der Waals surface area contributed by atoms with E-state index in [1.807, 2.05) is 36.3 Å². The highest BCUT2D eigenvalue weighted by atomic mass is 79.9. The minimum Gasteiger partial charge on any atom is -0.316 e. The zero-order chi connectivity index (χ0) is 13.1. The SMILES string of the molecule is C=C1C=CC(Br)=CN1/C(=C\C)c1ccc(F)cc1. The first-order valence-corrected chi connectivity index (χ1v) is 6.37. The third kappa shape index (κ3) is 2.62. The van der Waals surface area contributed by atoms with Crippen LogP contribution >= 0.6 is 15.9 Å². The van der Waals surface area contributed by atoms with Crippen LogP contribution in [-0.4, -0.2) is 4.90 Å². The summed E-state index contributed by atoms with van der Waals surface area (Å²) in [6, 6.07) is 6.44. The van der Waals surface area contributed by atoms with Crippen molar-refractivity contribution in [2.75, 3.05) is 0 Å². The predicted octanol–water partition coefficient (Wildman–Crippen LogP) is 4.81. The van der Waals surface area contributed by atoms with Crippen LogP contribution in [0.15, 0.2) is 65.5 Å². The van der Waals surface area contributed by atoms with Crippen molar-refractivity contribution < 1.29 is 4.39 Å². The van der Waals surface area contributed by atoms with Crippen molar-refractivity contribution >= 4 is 21.6 Å². The van der Waals surface area contributed by atoms with E-state index in [1.54, 1.807) is 12.1 Å². The molecule has 0 amide bonds. The van der Waals surface area contributed by atoms with Crippen molar-refractivity contribution in [3.8, 4) is 0 Å². The summed E-state index contributed by atoms with van der Waals surface area (Å²) in [5.74, 6) is -0.233. The third-order valence-electron chi connectivity index (χ3n) is 2.67. The maximum atomic E-state index is 13.0. The van der Waals surface area contributed by atoms with Gasteiger partial charge in [-0.1, -0.05) is 12.7 Å². The van der Waals surface area contributed by atoms with E-state index in [0.29, 0.717) is 0 Å². The Hall–Kier alpha value is -1.61. The van der Waals surface area contributed by atoms with Crippen molar-refractivity contribution in [3.63, 3.8) is 0 Å². The summed E-state index contributed by atoms with van der Waals surface area (Å²) in [6.45, 7) is 5.95. The number of allylic oxidation sites excluding steroid dienone is 4. The average molecular weight is 306 g/mol. The first kappa shape index (κ1) is 12.8. The quantitative estimate of drug-likeness (QED) is 0.758. The summed E-state index contributed by atoms with van der Waals surface area (Å²) in [6.07, 6.45) is 7.79. The molecule has 0 saturated carbocycles. The fourth-order valence-electron chi connectivity index (χ4n) is 1.80. The molecule has 3 heteroatoms. The van der Waals surface area contributed by atoms with Gasteiger partial charge in [0, 0.05) is 22.1 Å². The fourth-order valence-corrected chi connectivity index (χ4v) is 2.13. The lowest BCUT2D eigenvalue weighted by Crippen LogP contribution is -2.15. The highest BCUT2D eigenvalue weighted by Crippen LogP contribution is 2.29. The molecule has 1 aliphatic heterocycles. The molecule has 0 saturated heterocycles. The number of halogens is 2. The van der Waals surface area contributed by atoms with Crippen LogP contribution in [-0.2, 0) is 0 Å². The molecule has 92 valence electrons. The van der Waals surface area contributed by atoms with Gasteiger partial charge < -0.3 is 4.90 Å². The van der Waals surface area contributed by atoms with E-state index in [4.69, 9.17) is 0 Å². The van der Waals surface area contributed by atoms with Gasteiger partial charge in [-0.3, -0.25) is 0 Å². The summed E-state index contributed by atoms with van der Waals surface area (Å²) in [7, 11) is 0. The van der Waals surface area contributed by atoms with Gasteiger partial charge in [-0.25, -0.2) is 4.39 Å². The molecule has 0 N–H and O–H groups in total. The van der Waals surface area contributed by atoms with Gasteiger partial charge in [0.15, 0.2) is 0 Å². The molecule has 0 spiro atoms. The number of hydrogen-bond acceptors (Lipinski definition) is 1. The zero-order valence-electron chi connectivity index (χ0n) is 10.0. The topological polar surface area (TPSA) is 3.24 Å². The molecule has 0 atom stereocenters. The number of rotatable bonds is 2. The Labute approximate surface area is 115 Å². The second kappa shape index (κ2) is 5.36. The predicted molar refractivity (Wildman–Crippen MR) is 77.2 cm³/mol. The van der Waals surface area contributed by atoms with Crippen LogP contribution in [0.5, 0.6) is 0 Å². The van der Waals surface area contributed by atoms with Crippen LogP contribution in [0.1, 0.15) is 12.5 Å². The van der Waals surface area contributed by atoms with E-state index in [2.05, 4.69) is 22.5 Å². The number of nitrogens with zero attached hydrogens (tertiary/aromatic N) is 1. The second-order valence-electron chi connectivity index (χ2n) is 3.89. The van der Waals surface area contributed by atoms with Crippen LogP contribution in [0.2, 0.25) is 0 Å². The smallest absolute Gasteiger partial charge is 0.123 e. The third-order valence-corrected chi connectivity index (χ3v) is 3.14. The molecule has 1 nitrogen and oxygen atoms in total. The van der Waals surface area contributed by atoms with Crippen molar-refractivity contribution in [1.82, 2.24) is 4.90 Å². The number of benzene rings is 1. The lowest BCUT2D eigenvalue weighted by Gasteiger charge is -2.27. The normalized spacial score (nSPS) is 15.9. The Morgan fingerprint density at radius 3 is 2.56 bits per heavy atom. The van der Waals surface area contributed by atoms with E-state index in [0.717, 1.165) is 21.4 Å². The lowest BCUT2D eigenvalue weighted by atomic mass is 10.1. The Morgan fingerprint density at radius 1 is 1.28 bits per heavy atom. The van der Waals surface area contributed by atoms with E-state index in [9.17, 15) is 4.39 Å². The Balaban J connectivity index is 2.38. The van der Waals surface area contributed by atoms with Gasteiger partial charge in [0.1, 0.15) is 5.82 Å². The van der Waals surface area contributed by atoms with Gasteiger partial charge in [0.2, 0.25) is 0 Å². The molecule has 18 heavy (non-hydrogen) atoms. The molecule has 1 heterocycles. The molecule has 0 aliphatic carbocycles. The lowest BCUT2D eigenvalue weighted by molar-refractivity contribution is 0.626. The molecule has 1 aromatic carbocycles. The van der Waals surface area contributed by atoms with Crippen LogP contribution in [0.25, 0.3) is 5.70 Å². The van der Waals surface area contributed by atoms with Crippen LogP contribution in [0, 0.1) is 5.82 Å². The van der Waals surface area contributed by atoms with E-state index >= 15 is 0 Å². The van der Waals surface area contributed by atoms with Crippen molar-refractivity contribution in [2.24, 2.45) is 0 Å². The summed E-state index contributed by atoms with van der Waals surface area (Å²) >= 11 is 3.44. The molecule has 0 aromatic heterocycles. The van der Waals surface area contributed by atoms with Gasteiger partial charge in [0.25, 0.3) is 0 Å². The second-order valence-corrected chi connectivity index (χ2v) is 4.81. The average Bonchev–Trinajstić information content (AvgIpc) is 2.37. The Kier molecular flexibility index (Phi) is 3.82. The summed E-state index contributed by atoms with van der Waals surface area (Å²) in [5, 5.41) is 0. The minimum absolute atomic E-state index is 0.233. The summed E-state index contributed by atoms with van der Waals surface area (Å²) < 4.78 is 13.9. The maximum absolute atomic E-state index is 13.0. The minimum atomic E-state index is -0.233. The van der Waals surface area contributed by atoms with Gasteiger partial charge in [-0.15, -0.1) is 0 Å². The maximum Gasteiger partial charge on any atom is 0.123 e. The molecule has 2 rings (SSSR count). The molecule has 0 radical (unpaired) electrons. The van der Waals surface area contributed by atoms with Crippen molar-refractivity contribution in [1.29, 1.82) is 0 Å². The first-order chi connectivity index (χ1) is 8.61. The van der Waals surface area contributed by atoms with E-state index in [1.165, 1.54) is 12.1 Å². The molecule has 0 bridgehead atoms. The van der Waals surface area contributed by atoms with Crippen LogP contribution in [0.3, 0.4) is 0 Å². The monoisotopic (exact) mass is 305 g/mol. The summed E-state index contributed by atoms with van der Waals surface area (Å²) in [4.78, 5) is 1.97. The van der Waals surface area contributed by atoms with E-state index in [-0.39, 0.29) is 5.82 Å². The highest BCUT2D eigenvalue weighted by molar-refractivity contribution is 9.11. The Morgan fingerprint density at radius 2 is 1.94 bits per heavy atom. The molecule has 1 aromatic rings. The molecular formula is C15H13BrFN. The standard InChI is InChI=1S/C15H13BrFN/c1-3-15(12-5-8-14(17)9-6-12)18-10-13(16)7-4-11(18)2/h3-10H,2H2,1H3/b15-3-. The van der Waals surface area contributed by atoms with Crippen molar-refractivity contribution in [2.45, 2.75) is 6.92 Å². The van der Waals surface area contributed by atoms with Gasteiger partial charge in [-0.2, -0.15) is 0 Å². The molecular weight excluding hydrogens is 293 g/mol. The van der Waals surface area contributed by atoms with Crippen LogP contribution in [0.4, 0.5) is 4.39 Å². The fraction of sp³-hybridized carbons (Fsp3) is 0.0667. The molecule has 1 aliphatic rings. The first-order valence-electron chi connectivity index (χ1n) is 5.57. The molecule has 0 fully saturated rings. The van der Waals surface area contributed by atoms with Gasteiger partial charge >= 0.3 is 0 Å². The number of hydrogen-bond donors (Lipinski definition) is 0. The van der Waals surface area contributed by atoms with Gasteiger partial charge in [0.05, 0.1) is 0 Å². The molecule has 0 unspecified atom stereocenters. The van der Waals surface area contributed by atoms with Crippen molar-refractivity contribution in [3.05, 3.63) is 76.8 Å². The Bertz CT molecular complexity index is 552. The van der Waals surface area contributed by atoms with Gasteiger partial charge in [-0.05, 0) is 64.8 Å².